The van der Waals surface area contributed by atoms with Crippen molar-refractivity contribution in [3.63, 3.8) is 0 Å². The summed E-state index contributed by atoms with van der Waals surface area (Å²) < 4.78 is 2.37. The monoisotopic (exact) mass is 285 g/mol. The predicted molar refractivity (Wildman–Crippen MR) is 88.5 cm³/mol. The molecule has 22 heavy (non-hydrogen) atoms. The van der Waals surface area contributed by atoms with E-state index >= 15 is 0 Å². The number of hydrogen-bond donors (Lipinski definition) is 0. The fraction of sp³-hybridized carbons (Fsp3) is 0.158. The Morgan fingerprint density at radius 1 is 0.864 bits per heavy atom. The van der Waals surface area contributed by atoms with E-state index in [-0.39, 0.29) is 5.41 Å². The summed E-state index contributed by atoms with van der Waals surface area (Å²) >= 11 is 0. The van der Waals surface area contributed by atoms with E-state index in [4.69, 9.17) is 0 Å². The smallest absolute Gasteiger partial charge is 0.0582 e. The van der Waals surface area contributed by atoms with Crippen LogP contribution in [0.3, 0.4) is 0 Å². The van der Waals surface area contributed by atoms with E-state index in [0.29, 0.717) is 0 Å². The van der Waals surface area contributed by atoms with Crippen LogP contribution in [0.1, 0.15) is 25.0 Å². The molecule has 0 spiro atoms. The van der Waals surface area contributed by atoms with Gasteiger partial charge >= 0.3 is 0 Å². The third-order valence-corrected chi connectivity index (χ3v) is 4.97. The van der Waals surface area contributed by atoms with Crippen molar-refractivity contribution in [1.29, 1.82) is 0 Å². The molecule has 0 unspecified atom stereocenters. The van der Waals surface area contributed by atoms with Crippen LogP contribution in [0.2, 0.25) is 0 Å². The molecule has 0 bridgehead atoms. The molecule has 0 saturated heterocycles. The first-order valence-electron chi connectivity index (χ1n) is 7.52. The van der Waals surface area contributed by atoms with Gasteiger partial charge in [-0.2, -0.15) is 0 Å². The maximum atomic E-state index is 4.37. The zero-order valence-electron chi connectivity index (χ0n) is 12.5. The van der Waals surface area contributed by atoms with Crippen molar-refractivity contribution in [1.82, 2.24) is 14.5 Å². The van der Waals surface area contributed by atoms with Crippen LogP contribution in [0.4, 0.5) is 0 Å². The first-order chi connectivity index (χ1) is 10.7. The molecule has 0 radical (unpaired) electrons. The summed E-state index contributed by atoms with van der Waals surface area (Å²) in [5.41, 5.74) is 6.30. The molecule has 0 amide bonds. The van der Waals surface area contributed by atoms with Crippen LogP contribution in [0, 0.1) is 0 Å². The van der Waals surface area contributed by atoms with Gasteiger partial charge in [0, 0.05) is 46.5 Å². The summed E-state index contributed by atoms with van der Waals surface area (Å²) in [6, 6.07) is 10.8. The van der Waals surface area contributed by atoms with Crippen molar-refractivity contribution in [3.8, 4) is 5.69 Å². The molecule has 0 N–H and O–H groups in total. The van der Waals surface area contributed by atoms with Gasteiger partial charge < -0.3 is 4.57 Å². The number of fused-ring (bicyclic) bond motifs is 5. The Labute approximate surface area is 128 Å². The van der Waals surface area contributed by atoms with Crippen LogP contribution >= 0.6 is 0 Å². The van der Waals surface area contributed by atoms with E-state index in [1.54, 1.807) is 0 Å². The van der Waals surface area contributed by atoms with Crippen LogP contribution < -0.4 is 0 Å². The molecule has 0 fully saturated rings. The van der Waals surface area contributed by atoms with Gasteiger partial charge in [0.25, 0.3) is 0 Å². The number of para-hydroxylation sites is 1. The number of hydrogen-bond acceptors (Lipinski definition) is 2. The van der Waals surface area contributed by atoms with Gasteiger partial charge in [-0.05, 0) is 17.7 Å². The number of pyridine rings is 2. The molecule has 3 heteroatoms. The molecule has 3 nitrogen and oxygen atoms in total. The summed E-state index contributed by atoms with van der Waals surface area (Å²) in [6.07, 6.45) is 7.72. The lowest BCUT2D eigenvalue weighted by atomic mass is 9.75. The second kappa shape index (κ2) is 3.74. The van der Waals surface area contributed by atoms with Crippen molar-refractivity contribution in [3.05, 3.63) is 66.2 Å². The maximum absolute atomic E-state index is 4.37. The highest BCUT2D eigenvalue weighted by atomic mass is 15.0. The van der Waals surface area contributed by atoms with Gasteiger partial charge in [0.15, 0.2) is 0 Å². The lowest BCUT2D eigenvalue weighted by Gasteiger charge is -2.34. The second-order valence-electron chi connectivity index (χ2n) is 6.45. The average Bonchev–Trinajstić information content (AvgIpc) is 2.88. The minimum Gasteiger partial charge on any atom is -0.308 e. The van der Waals surface area contributed by atoms with E-state index in [2.05, 4.69) is 58.7 Å². The Morgan fingerprint density at radius 3 is 2.59 bits per heavy atom. The van der Waals surface area contributed by atoms with E-state index in [1.165, 1.54) is 38.6 Å². The normalized spacial score (nSPS) is 15.2. The summed E-state index contributed by atoms with van der Waals surface area (Å²) in [5, 5.41) is 2.48. The molecule has 4 aromatic rings. The van der Waals surface area contributed by atoms with Crippen molar-refractivity contribution in [2.24, 2.45) is 0 Å². The van der Waals surface area contributed by atoms with Gasteiger partial charge in [-0.25, -0.2) is 0 Å². The Bertz CT molecular complexity index is 1060. The van der Waals surface area contributed by atoms with Gasteiger partial charge in [-0.3, -0.25) is 9.97 Å². The molecular formula is C19H15N3. The first-order valence-corrected chi connectivity index (χ1v) is 7.52. The Hall–Kier alpha value is -2.68. The lowest BCUT2D eigenvalue weighted by molar-refractivity contribution is 0.626. The summed E-state index contributed by atoms with van der Waals surface area (Å²) in [6.45, 7) is 4.56. The van der Waals surface area contributed by atoms with Gasteiger partial charge in [-0.15, -0.1) is 0 Å². The van der Waals surface area contributed by atoms with Crippen LogP contribution in [-0.2, 0) is 5.41 Å². The van der Waals surface area contributed by atoms with Crippen molar-refractivity contribution in [2.45, 2.75) is 19.3 Å². The predicted octanol–water partition coefficient (Wildman–Crippen LogP) is 4.21. The zero-order chi connectivity index (χ0) is 14.9. The van der Waals surface area contributed by atoms with Crippen LogP contribution in [0.15, 0.2) is 55.1 Å². The van der Waals surface area contributed by atoms with Gasteiger partial charge in [0.1, 0.15) is 0 Å². The third-order valence-electron chi connectivity index (χ3n) is 4.97. The first kappa shape index (κ1) is 11.9. The Kier molecular flexibility index (Phi) is 2.03. The zero-order valence-corrected chi connectivity index (χ0v) is 12.5. The summed E-state index contributed by atoms with van der Waals surface area (Å²) in [4.78, 5) is 8.70. The van der Waals surface area contributed by atoms with Crippen molar-refractivity contribution < 1.29 is 0 Å². The van der Waals surface area contributed by atoms with Crippen molar-refractivity contribution in [2.75, 3.05) is 0 Å². The fourth-order valence-electron chi connectivity index (χ4n) is 3.88. The van der Waals surface area contributed by atoms with Gasteiger partial charge in [-0.1, -0.05) is 32.0 Å². The minimum absolute atomic E-state index is 0.0547. The Balaban J connectivity index is 2.15. The van der Waals surface area contributed by atoms with Crippen LogP contribution in [-0.4, -0.2) is 14.5 Å². The van der Waals surface area contributed by atoms with Crippen molar-refractivity contribution >= 4 is 21.8 Å². The molecule has 1 aromatic carbocycles. The molecule has 0 atom stereocenters. The molecule has 1 aliphatic heterocycles. The number of rotatable bonds is 0. The van der Waals surface area contributed by atoms with Crippen LogP contribution in [0.5, 0.6) is 0 Å². The molecular weight excluding hydrogens is 270 g/mol. The van der Waals surface area contributed by atoms with E-state index in [1.807, 2.05) is 24.8 Å². The highest BCUT2D eigenvalue weighted by molar-refractivity contribution is 6.11. The molecule has 4 heterocycles. The lowest BCUT2D eigenvalue weighted by Crippen LogP contribution is -2.26. The van der Waals surface area contributed by atoms with Gasteiger partial charge in [0.2, 0.25) is 0 Å². The Morgan fingerprint density at radius 2 is 1.68 bits per heavy atom. The molecule has 3 aromatic heterocycles. The molecule has 5 rings (SSSR count). The maximum Gasteiger partial charge on any atom is 0.0582 e. The quantitative estimate of drug-likeness (QED) is 0.484. The highest BCUT2D eigenvalue weighted by Crippen LogP contribution is 2.46. The number of nitrogens with zero attached hydrogens (tertiary/aromatic N) is 3. The minimum atomic E-state index is -0.0547. The van der Waals surface area contributed by atoms with E-state index < -0.39 is 0 Å². The SMILES string of the molecule is CC1(C)c2cnccc2-n2c3ccncc3c3cccc1c32. The largest absolute Gasteiger partial charge is 0.308 e. The van der Waals surface area contributed by atoms with E-state index in [0.717, 1.165) is 0 Å². The summed E-state index contributed by atoms with van der Waals surface area (Å²) in [5.74, 6) is 0. The molecule has 1 aliphatic rings. The standard InChI is InChI=1S/C19H15N3/c1-19(2)14-5-3-4-12-13-10-20-8-6-16(13)22(18(12)14)17-7-9-21-11-15(17)19/h3-11H,1-2H3. The molecule has 0 saturated carbocycles. The summed E-state index contributed by atoms with van der Waals surface area (Å²) in [7, 11) is 0. The van der Waals surface area contributed by atoms with E-state index in [9.17, 15) is 0 Å². The third kappa shape index (κ3) is 1.23. The van der Waals surface area contributed by atoms with Gasteiger partial charge in [0.05, 0.1) is 16.7 Å². The second-order valence-corrected chi connectivity index (χ2v) is 6.45. The molecule has 106 valence electrons. The topological polar surface area (TPSA) is 30.7 Å². The number of aromatic nitrogens is 3. The highest BCUT2D eigenvalue weighted by Gasteiger charge is 2.34. The molecule has 0 aliphatic carbocycles. The average molecular weight is 285 g/mol. The number of benzene rings is 1. The van der Waals surface area contributed by atoms with Crippen LogP contribution in [0.25, 0.3) is 27.5 Å². The fourth-order valence-corrected chi connectivity index (χ4v) is 3.88.